The Balaban J connectivity index is 2.54. The molecule has 0 amide bonds. The number of hydrogen-bond acceptors (Lipinski definition) is 6. The lowest BCUT2D eigenvalue weighted by atomic mass is 10.7. The van der Waals surface area contributed by atoms with E-state index in [1.807, 2.05) is 6.26 Å². The summed E-state index contributed by atoms with van der Waals surface area (Å²) < 4.78 is 13.0. The summed E-state index contributed by atoms with van der Waals surface area (Å²) in [6.07, 6.45) is 1.91. The van der Waals surface area contributed by atoms with Gasteiger partial charge in [-0.2, -0.15) is 4.37 Å². The smallest absolute Gasteiger partial charge is 0.260 e. The maximum Gasteiger partial charge on any atom is 0.260 e. The van der Waals surface area contributed by atoms with E-state index in [1.54, 1.807) is 0 Å². The van der Waals surface area contributed by atoms with Gasteiger partial charge in [-0.3, -0.25) is 0 Å². The number of nitrogens with zero attached hydrogens (tertiary/aromatic N) is 2. The number of rotatable bonds is 4. The highest BCUT2D eigenvalue weighted by Gasteiger charge is 2.06. The van der Waals surface area contributed by atoms with Crippen molar-refractivity contribution in [3.63, 3.8) is 0 Å². The second-order valence-electron chi connectivity index (χ2n) is 1.65. The molecule has 11 heavy (non-hydrogen) atoms. The van der Waals surface area contributed by atoms with Crippen molar-refractivity contribution in [2.24, 2.45) is 0 Å². The summed E-state index contributed by atoms with van der Waals surface area (Å²) in [5.74, 6) is 0.525. The van der Waals surface area contributed by atoms with E-state index in [2.05, 4.69) is 8.75 Å². The third-order valence-corrected chi connectivity index (χ3v) is 2.23. The number of hydrogen-bond donors (Lipinski definition) is 1. The van der Waals surface area contributed by atoms with Gasteiger partial charge in [-0.1, -0.05) is 0 Å². The van der Waals surface area contributed by atoms with Crippen LogP contribution in [0.1, 0.15) is 0 Å². The maximum atomic E-state index is 8.45. The molecule has 1 aromatic rings. The normalized spacial score (nSPS) is 10.0. The molecule has 1 heterocycles. The molecule has 0 atom stereocenters. The zero-order valence-corrected chi connectivity index (χ0v) is 7.61. The summed E-state index contributed by atoms with van der Waals surface area (Å²) in [7, 11) is 0. The predicted octanol–water partition coefficient (Wildman–Crippen LogP) is 0.631. The number of aromatic nitrogens is 2. The molecular weight excluding hydrogens is 184 g/mol. The van der Waals surface area contributed by atoms with Crippen molar-refractivity contribution in [2.45, 2.75) is 5.03 Å². The summed E-state index contributed by atoms with van der Waals surface area (Å²) in [5.41, 5.74) is 0. The Bertz CT molecular complexity index is 216. The first-order valence-electron chi connectivity index (χ1n) is 2.98. The number of aliphatic hydroxyl groups excluding tert-OH is 1. The van der Waals surface area contributed by atoms with E-state index in [-0.39, 0.29) is 13.2 Å². The molecule has 1 rings (SSSR count). The van der Waals surface area contributed by atoms with Gasteiger partial charge >= 0.3 is 0 Å². The van der Waals surface area contributed by atoms with Crippen LogP contribution in [-0.2, 0) is 0 Å². The molecule has 0 aliphatic rings. The molecule has 0 radical (unpaired) electrons. The first kappa shape index (κ1) is 8.76. The maximum absolute atomic E-state index is 8.45. The van der Waals surface area contributed by atoms with E-state index >= 15 is 0 Å². The second-order valence-corrected chi connectivity index (χ2v) is 2.97. The molecule has 0 saturated carbocycles. The quantitative estimate of drug-likeness (QED) is 0.709. The lowest BCUT2D eigenvalue weighted by Gasteiger charge is -1.98. The van der Waals surface area contributed by atoms with Crippen molar-refractivity contribution in [1.82, 2.24) is 8.75 Å². The van der Waals surface area contributed by atoms with E-state index in [0.29, 0.717) is 5.88 Å². The predicted molar refractivity (Wildman–Crippen MR) is 44.3 cm³/mol. The van der Waals surface area contributed by atoms with Gasteiger partial charge in [0.05, 0.1) is 18.3 Å². The topological polar surface area (TPSA) is 55.2 Å². The van der Waals surface area contributed by atoms with Gasteiger partial charge in [-0.15, -0.1) is 16.1 Å². The van der Waals surface area contributed by atoms with E-state index in [0.717, 1.165) is 16.8 Å². The Hall–Kier alpha value is -0.330. The highest BCUT2D eigenvalue weighted by Crippen LogP contribution is 2.24. The van der Waals surface area contributed by atoms with Crippen molar-refractivity contribution < 1.29 is 9.84 Å². The van der Waals surface area contributed by atoms with E-state index in [4.69, 9.17) is 9.84 Å². The zero-order chi connectivity index (χ0) is 8.10. The Labute approximate surface area is 72.9 Å². The van der Waals surface area contributed by atoms with Crippen LogP contribution in [0, 0.1) is 0 Å². The van der Waals surface area contributed by atoms with E-state index in [1.165, 1.54) is 11.8 Å². The van der Waals surface area contributed by atoms with Crippen LogP contribution in [0.25, 0.3) is 0 Å². The fraction of sp³-hybridized carbons (Fsp3) is 0.600. The summed E-state index contributed by atoms with van der Waals surface area (Å²) in [4.78, 5) is 0. The van der Waals surface area contributed by atoms with Gasteiger partial charge in [0.1, 0.15) is 6.61 Å². The van der Waals surface area contributed by atoms with Gasteiger partial charge in [0.2, 0.25) is 0 Å². The van der Waals surface area contributed by atoms with Crippen LogP contribution in [0.5, 0.6) is 5.88 Å². The van der Waals surface area contributed by atoms with Crippen LogP contribution in [0.2, 0.25) is 0 Å². The SMILES string of the molecule is CSc1nsnc1OCCO. The van der Waals surface area contributed by atoms with Crippen LogP contribution in [0.4, 0.5) is 0 Å². The monoisotopic (exact) mass is 192 g/mol. The van der Waals surface area contributed by atoms with Gasteiger partial charge < -0.3 is 9.84 Å². The highest BCUT2D eigenvalue weighted by atomic mass is 32.2. The number of ether oxygens (including phenoxy) is 1. The molecule has 0 aromatic carbocycles. The molecule has 0 aliphatic heterocycles. The minimum absolute atomic E-state index is 0.00531. The van der Waals surface area contributed by atoms with Crippen molar-refractivity contribution in [3.8, 4) is 5.88 Å². The van der Waals surface area contributed by atoms with Crippen LogP contribution in [-0.4, -0.2) is 33.3 Å². The molecule has 0 spiro atoms. The standard InChI is InChI=1S/C5H8N2O2S2/c1-10-5-4(6-11-7-5)9-3-2-8/h8H,2-3H2,1H3. The first-order valence-corrected chi connectivity index (χ1v) is 4.94. The van der Waals surface area contributed by atoms with Crippen LogP contribution < -0.4 is 4.74 Å². The Kier molecular flexibility index (Phi) is 3.61. The minimum Gasteiger partial charge on any atom is -0.473 e. The van der Waals surface area contributed by atoms with Gasteiger partial charge in [-0.25, -0.2) is 0 Å². The Morgan fingerprint density at radius 3 is 3.09 bits per heavy atom. The molecule has 0 bridgehead atoms. The van der Waals surface area contributed by atoms with E-state index in [9.17, 15) is 0 Å². The second kappa shape index (κ2) is 4.53. The van der Waals surface area contributed by atoms with E-state index < -0.39 is 0 Å². The fourth-order valence-electron chi connectivity index (χ4n) is 0.528. The van der Waals surface area contributed by atoms with Crippen molar-refractivity contribution >= 4 is 23.5 Å². The largest absolute Gasteiger partial charge is 0.473 e. The molecule has 0 fully saturated rings. The molecule has 4 nitrogen and oxygen atoms in total. The zero-order valence-electron chi connectivity index (χ0n) is 5.98. The van der Waals surface area contributed by atoms with Crippen molar-refractivity contribution in [3.05, 3.63) is 0 Å². The molecular formula is C5H8N2O2S2. The number of thioether (sulfide) groups is 1. The fourth-order valence-corrected chi connectivity index (χ4v) is 1.67. The molecule has 62 valence electrons. The van der Waals surface area contributed by atoms with Gasteiger partial charge in [-0.05, 0) is 6.26 Å². The third-order valence-electron chi connectivity index (χ3n) is 0.954. The van der Waals surface area contributed by atoms with Crippen molar-refractivity contribution in [1.29, 1.82) is 0 Å². The lowest BCUT2D eigenvalue weighted by Crippen LogP contribution is -2.02. The molecule has 1 aromatic heterocycles. The van der Waals surface area contributed by atoms with Gasteiger partial charge in [0.25, 0.3) is 5.88 Å². The first-order chi connectivity index (χ1) is 5.38. The van der Waals surface area contributed by atoms with Crippen LogP contribution in [0.15, 0.2) is 5.03 Å². The summed E-state index contributed by atoms with van der Waals surface area (Å²) >= 11 is 2.60. The minimum atomic E-state index is 0.00531. The summed E-state index contributed by atoms with van der Waals surface area (Å²) in [6.45, 7) is 0.282. The van der Waals surface area contributed by atoms with Crippen molar-refractivity contribution in [2.75, 3.05) is 19.5 Å². The Morgan fingerprint density at radius 2 is 2.45 bits per heavy atom. The highest BCUT2D eigenvalue weighted by molar-refractivity contribution is 7.98. The molecule has 0 saturated heterocycles. The molecule has 1 N–H and O–H groups in total. The average Bonchev–Trinajstić information content (AvgIpc) is 2.47. The molecule has 0 aliphatic carbocycles. The van der Waals surface area contributed by atoms with Gasteiger partial charge in [0.15, 0.2) is 5.03 Å². The summed E-state index contributed by atoms with van der Waals surface area (Å²) in [6, 6.07) is 0. The summed E-state index contributed by atoms with van der Waals surface area (Å²) in [5, 5.41) is 9.23. The van der Waals surface area contributed by atoms with Crippen LogP contribution >= 0.6 is 23.5 Å². The van der Waals surface area contributed by atoms with Gasteiger partial charge in [0, 0.05) is 0 Å². The Morgan fingerprint density at radius 1 is 1.64 bits per heavy atom. The molecule has 0 unspecified atom stereocenters. The number of aliphatic hydroxyl groups is 1. The average molecular weight is 192 g/mol. The third kappa shape index (κ3) is 2.32. The lowest BCUT2D eigenvalue weighted by molar-refractivity contribution is 0.194. The molecule has 6 heteroatoms. The van der Waals surface area contributed by atoms with Crippen LogP contribution in [0.3, 0.4) is 0 Å².